The van der Waals surface area contributed by atoms with Gasteiger partial charge in [0.1, 0.15) is 5.84 Å². The Balaban J connectivity index is 1.54. The first-order valence-corrected chi connectivity index (χ1v) is 11.0. The molecule has 2 aromatic rings. The summed E-state index contributed by atoms with van der Waals surface area (Å²) in [4.78, 5) is 4.58. The van der Waals surface area contributed by atoms with Gasteiger partial charge in [-0.1, -0.05) is 12.1 Å². The van der Waals surface area contributed by atoms with Crippen LogP contribution in [-0.2, 0) is 0 Å². The summed E-state index contributed by atoms with van der Waals surface area (Å²) in [5, 5.41) is 12.4. The maximum absolute atomic E-state index is 8.60. The molecule has 2 fully saturated rings. The Kier molecular flexibility index (Phi) is 4.70. The van der Waals surface area contributed by atoms with Gasteiger partial charge in [0.2, 0.25) is 0 Å². The minimum atomic E-state index is 0.477. The van der Waals surface area contributed by atoms with Crippen LogP contribution in [0, 0.1) is 5.41 Å². The predicted octanol–water partition coefficient (Wildman–Crippen LogP) is 4.88. The molecule has 2 saturated heterocycles. The van der Waals surface area contributed by atoms with E-state index in [1.807, 2.05) is 6.07 Å². The first-order chi connectivity index (χ1) is 14.2. The number of hydrogen-bond donors (Lipinski definition) is 2. The molecule has 5 rings (SSSR count). The van der Waals surface area contributed by atoms with E-state index in [4.69, 9.17) is 10.1 Å². The highest BCUT2D eigenvalue weighted by atomic mass is 16.5. The number of fused-ring (bicyclic) bond motifs is 4. The molecule has 2 N–H and O–H groups in total. The summed E-state index contributed by atoms with van der Waals surface area (Å²) in [7, 11) is 0. The number of nitrogens with one attached hydrogen (secondary N) is 2. The number of piperidine rings is 1. The minimum Gasteiger partial charge on any atom is -0.453 e. The Morgan fingerprint density at radius 2 is 1.72 bits per heavy atom. The Morgan fingerprint density at radius 1 is 1.03 bits per heavy atom. The summed E-state index contributed by atoms with van der Waals surface area (Å²) in [5.41, 5.74) is 3.21. The summed E-state index contributed by atoms with van der Waals surface area (Å²) < 4.78 is 6.33. The lowest BCUT2D eigenvalue weighted by Gasteiger charge is -2.42. The van der Waals surface area contributed by atoms with Crippen molar-refractivity contribution in [1.29, 1.82) is 5.41 Å². The van der Waals surface area contributed by atoms with Crippen molar-refractivity contribution in [2.45, 2.75) is 57.7 Å². The molecule has 2 aromatic carbocycles. The molecule has 3 heterocycles. The second kappa shape index (κ2) is 7.38. The van der Waals surface area contributed by atoms with E-state index in [1.165, 1.54) is 25.7 Å². The molecule has 3 atom stereocenters. The van der Waals surface area contributed by atoms with Crippen LogP contribution in [0.5, 0.6) is 11.5 Å². The zero-order valence-corrected chi connectivity index (χ0v) is 17.3. The Labute approximate surface area is 173 Å². The van der Waals surface area contributed by atoms with Gasteiger partial charge in [-0.2, -0.15) is 0 Å². The smallest absolute Gasteiger partial charge is 0.151 e. The second-order valence-electron chi connectivity index (χ2n) is 8.41. The molecule has 2 bridgehead atoms. The molecular formula is C24H30N4O. The maximum Gasteiger partial charge on any atom is 0.151 e. The maximum atomic E-state index is 8.60. The summed E-state index contributed by atoms with van der Waals surface area (Å²) in [6.07, 6.45) is 4.92. The van der Waals surface area contributed by atoms with Crippen LogP contribution in [-0.4, -0.2) is 42.0 Å². The van der Waals surface area contributed by atoms with E-state index >= 15 is 0 Å². The summed E-state index contributed by atoms with van der Waals surface area (Å²) >= 11 is 0. The number of rotatable bonds is 4. The van der Waals surface area contributed by atoms with Gasteiger partial charge >= 0.3 is 0 Å². The number of hydrogen-bond acceptors (Lipinski definition) is 4. The average Bonchev–Trinajstić information content (AvgIpc) is 3.09. The van der Waals surface area contributed by atoms with Gasteiger partial charge < -0.3 is 19.9 Å². The van der Waals surface area contributed by atoms with Crippen LogP contribution < -0.4 is 15.0 Å². The van der Waals surface area contributed by atoms with E-state index < -0.39 is 0 Å². The monoisotopic (exact) mass is 390 g/mol. The van der Waals surface area contributed by atoms with Crippen molar-refractivity contribution >= 4 is 17.2 Å². The fourth-order valence-corrected chi connectivity index (χ4v) is 5.29. The van der Waals surface area contributed by atoms with Crippen LogP contribution in [0.15, 0.2) is 42.5 Å². The van der Waals surface area contributed by atoms with E-state index in [0.29, 0.717) is 24.0 Å². The van der Waals surface area contributed by atoms with Gasteiger partial charge in [-0.05, 0) is 69.9 Å². The van der Waals surface area contributed by atoms with Crippen LogP contribution in [0.4, 0.5) is 11.4 Å². The Hall–Kier alpha value is -2.53. The molecule has 0 unspecified atom stereocenters. The Bertz CT molecular complexity index is 911. The minimum absolute atomic E-state index is 0.477. The lowest BCUT2D eigenvalue weighted by Crippen LogP contribution is -2.47. The first kappa shape index (κ1) is 18.5. The Morgan fingerprint density at radius 3 is 2.45 bits per heavy atom. The molecule has 0 amide bonds. The molecule has 0 saturated carbocycles. The summed E-state index contributed by atoms with van der Waals surface area (Å²) in [5.74, 6) is 2.34. The van der Waals surface area contributed by atoms with Gasteiger partial charge in [-0.25, -0.2) is 0 Å². The third-order valence-corrected chi connectivity index (χ3v) is 6.73. The third kappa shape index (κ3) is 3.18. The lowest BCUT2D eigenvalue weighted by atomic mass is 9.95. The molecule has 5 nitrogen and oxygen atoms in total. The van der Waals surface area contributed by atoms with Gasteiger partial charge in [0.05, 0.1) is 11.4 Å². The molecule has 29 heavy (non-hydrogen) atoms. The van der Waals surface area contributed by atoms with Crippen LogP contribution in [0.2, 0.25) is 0 Å². The second-order valence-corrected chi connectivity index (χ2v) is 8.41. The fraction of sp³-hybridized carbons (Fsp3) is 0.458. The zero-order chi connectivity index (χ0) is 20.0. The molecule has 3 aliphatic rings. The largest absolute Gasteiger partial charge is 0.453 e. The average molecular weight is 391 g/mol. The summed E-state index contributed by atoms with van der Waals surface area (Å²) in [6, 6.07) is 16.4. The molecular weight excluding hydrogens is 360 g/mol. The van der Waals surface area contributed by atoms with Crippen molar-refractivity contribution in [2.75, 3.05) is 18.0 Å². The molecule has 152 valence electrons. The van der Waals surface area contributed by atoms with Crippen molar-refractivity contribution in [3.63, 3.8) is 0 Å². The first-order valence-electron chi connectivity index (χ1n) is 11.0. The highest BCUT2D eigenvalue weighted by Gasteiger charge is 2.39. The highest BCUT2D eigenvalue weighted by molar-refractivity contribution is 5.98. The number of para-hydroxylation sites is 2. The van der Waals surface area contributed by atoms with E-state index in [1.54, 1.807) is 0 Å². The van der Waals surface area contributed by atoms with Gasteiger partial charge in [0.15, 0.2) is 11.5 Å². The quantitative estimate of drug-likeness (QED) is 0.577. The van der Waals surface area contributed by atoms with Gasteiger partial charge in [-0.15, -0.1) is 0 Å². The van der Waals surface area contributed by atoms with Gasteiger partial charge in [0, 0.05) is 36.8 Å². The number of benzene rings is 2. The number of nitrogens with zero attached hydrogens (tertiary/aromatic N) is 2. The van der Waals surface area contributed by atoms with Crippen LogP contribution >= 0.6 is 0 Å². The van der Waals surface area contributed by atoms with Crippen LogP contribution in [0.3, 0.4) is 0 Å². The molecule has 0 aliphatic carbocycles. The standard InChI is InChI=1S/C24H30N4O/c1-3-27(4-2)24(25)16-9-12-21-23(13-16)29-22-8-6-5-7-20(22)28(21)19-14-17-10-11-18(15-19)26-17/h5-9,12-13,17-19,25-26H,3-4,10-11,14-15H2,1-2H3/t17-,18+,19+. The topological polar surface area (TPSA) is 51.6 Å². The SMILES string of the molecule is CCN(CC)C(=N)c1ccc2c(c1)Oc1ccccc1N2[C@H]1C[C@H]2CC[C@@H](C1)N2. The lowest BCUT2D eigenvalue weighted by molar-refractivity contribution is 0.353. The number of anilines is 2. The van der Waals surface area contributed by atoms with Gasteiger partial charge in [-0.3, -0.25) is 5.41 Å². The fourth-order valence-electron chi connectivity index (χ4n) is 5.29. The third-order valence-electron chi connectivity index (χ3n) is 6.73. The van der Waals surface area contributed by atoms with Crippen molar-refractivity contribution in [1.82, 2.24) is 10.2 Å². The van der Waals surface area contributed by atoms with Crippen molar-refractivity contribution in [2.24, 2.45) is 0 Å². The molecule has 3 aliphatic heterocycles. The van der Waals surface area contributed by atoms with Crippen LogP contribution in [0.25, 0.3) is 0 Å². The van der Waals surface area contributed by atoms with Gasteiger partial charge in [0.25, 0.3) is 0 Å². The van der Waals surface area contributed by atoms with Crippen molar-refractivity contribution in [3.05, 3.63) is 48.0 Å². The van der Waals surface area contributed by atoms with Crippen molar-refractivity contribution < 1.29 is 4.74 Å². The summed E-state index contributed by atoms with van der Waals surface area (Å²) in [6.45, 7) is 5.85. The predicted molar refractivity (Wildman–Crippen MR) is 118 cm³/mol. The van der Waals surface area contributed by atoms with E-state index in [0.717, 1.165) is 41.5 Å². The molecule has 5 heteroatoms. The molecule has 0 spiro atoms. The number of ether oxygens (including phenoxy) is 1. The molecule has 0 aromatic heterocycles. The molecule has 0 radical (unpaired) electrons. The van der Waals surface area contributed by atoms with Crippen LogP contribution in [0.1, 0.15) is 45.1 Å². The van der Waals surface area contributed by atoms with Crippen molar-refractivity contribution in [3.8, 4) is 11.5 Å². The van der Waals surface area contributed by atoms with E-state index in [9.17, 15) is 0 Å². The number of amidine groups is 1. The zero-order valence-electron chi connectivity index (χ0n) is 17.3. The normalized spacial score (nSPS) is 24.5. The van der Waals surface area contributed by atoms with E-state index in [2.05, 4.69) is 65.4 Å². The van der Waals surface area contributed by atoms with E-state index in [-0.39, 0.29) is 0 Å². The highest BCUT2D eigenvalue weighted by Crippen LogP contribution is 2.50.